The first-order valence-corrected chi connectivity index (χ1v) is 6.36. The molecule has 0 aromatic heterocycles. The van der Waals surface area contributed by atoms with Gasteiger partial charge in [0.25, 0.3) is 0 Å². The van der Waals surface area contributed by atoms with Crippen LogP contribution in [0.15, 0.2) is 12.7 Å². The van der Waals surface area contributed by atoms with Crippen LogP contribution >= 0.6 is 0 Å². The third-order valence-corrected chi connectivity index (χ3v) is 2.64. The molecule has 1 amide bonds. The molecule has 100 valence electrons. The van der Waals surface area contributed by atoms with Gasteiger partial charge in [-0.1, -0.05) is 26.8 Å². The van der Waals surface area contributed by atoms with Gasteiger partial charge < -0.3 is 10.6 Å². The van der Waals surface area contributed by atoms with Gasteiger partial charge in [-0.05, 0) is 24.7 Å². The van der Waals surface area contributed by atoms with Crippen molar-refractivity contribution in [2.45, 2.75) is 52.5 Å². The molecule has 0 aliphatic heterocycles. The van der Waals surface area contributed by atoms with Gasteiger partial charge in [-0.25, -0.2) is 0 Å². The number of allylic oxidation sites excluding steroid dienone is 1. The first-order chi connectivity index (χ1) is 7.76. The van der Waals surface area contributed by atoms with Crippen LogP contribution in [-0.2, 0) is 4.79 Å². The van der Waals surface area contributed by atoms with Gasteiger partial charge in [0.2, 0.25) is 5.91 Å². The molecule has 0 aromatic rings. The number of unbranched alkanes of at least 4 members (excludes halogenated alkanes) is 1. The lowest BCUT2D eigenvalue weighted by Gasteiger charge is -2.24. The van der Waals surface area contributed by atoms with Crippen molar-refractivity contribution in [2.24, 2.45) is 11.1 Å². The normalized spacial score (nSPS) is 13.2. The van der Waals surface area contributed by atoms with Crippen LogP contribution in [0, 0.1) is 5.41 Å². The van der Waals surface area contributed by atoms with Gasteiger partial charge in [-0.15, -0.1) is 6.58 Å². The van der Waals surface area contributed by atoms with E-state index in [1.807, 2.05) is 13.1 Å². The summed E-state index contributed by atoms with van der Waals surface area (Å²) >= 11 is 0. The molecule has 0 saturated carbocycles. The summed E-state index contributed by atoms with van der Waals surface area (Å²) in [6.07, 6.45) is 5.12. The topological polar surface area (TPSA) is 46.3 Å². The van der Waals surface area contributed by atoms with Gasteiger partial charge in [0.15, 0.2) is 0 Å². The summed E-state index contributed by atoms with van der Waals surface area (Å²) in [7, 11) is 1.84. The Morgan fingerprint density at radius 2 is 2.06 bits per heavy atom. The molecule has 0 radical (unpaired) electrons. The van der Waals surface area contributed by atoms with Gasteiger partial charge in [-0.2, -0.15) is 0 Å². The van der Waals surface area contributed by atoms with E-state index in [0.29, 0.717) is 6.42 Å². The Hall–Kier alpha value is -0.830. The maximum absolute atomic E-state index is 11.9. The third-order valence-electron chi connectivity index (χ3n) is 2.64. The van der Waals surface area contributed by atoms with Crippen molar-refractivity contribution in [3.05, 3.63) is 12.7 Å². The quantitative estimate of drug-likeness (QED) is 0.549. The van der Waals surface area contributed by atoms with E-state index < -0.39 is 0 Å². The second kappa shape index (κ2) is 7.49. The predicted octanol–water partition coefficient (Wildman–Crippen LogP) is 2.56. The van der Waals surface area contributed by atoms with E-state index in [-0.39, 0.29) is 17.4 Å². The molecular weight excluding hydrogens is 212 g/mol. The first kappa shape index (κ1) is 16.2. The summed E-state index contributed by atoms with van der Waals surface area (Å²) in [5.74, 6) is 0.144. The van der Waals surface area contributed by atoms with Crippen LogP contribution in [-0.4, -0.2) is 30.4 Å². The number of amides is 1. The monoisotopic (exact) mass is 240 g/mol. The molecule has 17 heavy (non-hydrogen) atoms. The van der Waals surface area contributed by atoms with Crippen LogP contribution in [0.2, 0.25) is 0 Å². The Labute approximate surface area is 106 Å². The predicted molar refractivity (Wildman–Crippen MR) is 73.7 cm³/mol. The van der Waals surface area contributed by atoms with E-state index in [1.165, 1.54) is 0 Å². The standard InChI is InChI=1S/C14H28N2O/c1-6-7-8-9-16(5)13(17)10-12(15)11-14(2,3)4/h6,12H,1,7-11,15H2,2-5H3. The van der Waals surface area contributed by atoms with Crippen molar-refractivity contribution >= 4 is 5.91 Å². The van der Waals surface area contributed by atoms with E-state index in [2.05, 4.69) is 27.4 Å². The molecule has 0 aliphatic carbocycles. The fourth-order valence-corrected chi connectivity index (χ4v) is 1.84. The van der Waals surface area contributed by atoms with Crippen molar-refractivity contribution in [3.63, 3.8) is 0 Å². The molecular formula is C14H28N2O. The molecule has 0 fully saturated rings. The Balaban J connectivity index is 3.94. The smallest absolute Gasteiger partial charge is 0.223 e. The average molecular weight is 240 g/mol. The van der Waals surface area contributed by atoms with Gasteiger partial charge in [0.05, 0.1) is 0 Å². The fraction of sp³-hybridized carbons (Fsp3) is 0.786. The highest BCUT2D eigenvalue weighted by atomic mass is 16.2. The highest BCUT2D eigenvalue weighted by molar-refractivity contribution is 5.76. The van der Waals surface area contributed by atoms with Gasteiger partial charge in [0.1, 0.15) is 0 Å². The second-order valence-corrected chi connectivity index (χ2v) is 5.98. The zero-order valence-electron chi connectivity index (χ0n) is 11.8. The summed E-state index contributed by atoms with van der Waals surface area (Å²) in [5.41, 5.74) is 6.17. The van der Waals surface area contributed by atoms with Crippen LogP contribution in [0.1, 0.15) is 46.5 Å². The number of rotatable bonds is 7. The number of hydrogen-bond donors (Lipinski definition) is 1. The largest absolute Gasteiger partial charge is 0.346 e. The second-order valence-electron chi connectivity index (χ2n) is 5.98. The molecule has 0 bridgehead atoms. The summed E-state index contributed by atoms with van der Waals surface area (Å²) in [5, 5.41) is 0. The van der Waals surface area contributed by atoms with Gasteiger partial charge >= 0.3 is 0 Å². The van der Waals surface area contributed by atoms with E-state index >= 15 is 0 Å². The van der Waals surface area contributed by atoms with E-state index in [1.54, 1.807) is 4.90 Å². The van der Waals surface area contributed by atoms with E-state index in [9.17, 15) is 4.79 Å². The zero-order chi connectivity index (χ0) is 13.5. The summed E-state index contributed by atoms with van der Waals surface area (Å²) in [4.78, 5) is 13.6. The minimum absolute atomic E-state index is 0.0376. The van der Waals surface area contributed by atoms with Gasteiger partial charge in [-0.3, -0.25) is 4.79 Å². The SMILES string of the molecule is C=CCCCN(C)C(=O)CC(N)CC(C)(C)C. The maximum atomic E-state index is 11.9. The Bertz CT molecular complexity index is 243. The molecule has 3 heteroatoms. The molecule has 0 saturated heterocycles. The third kappa shape index (κ3) is 8.93. The minimum atomic E-state index is -0.0376. The van der Waals surface area contributed by atoms with Crippen LogP contribution in [0.25, 0.3) is 0 Å². The fourth-order valence-electron chi connectivity index (χ4n) is 1.84. The van der Waals surface area contributed by atoms with Crippen LogP contribution in [0.3, 0.4) is 0 Å². The van der Waals surface area contributed by atoms with Crippen molar-refractivity contribution in [1.82, 2.24) is 4.90 Å². The lowest BCUT2D eigenvalue weighted by molar-refractivity contribution is -0.130. The molecule has 1 unspecified atom stereocenters. The number of nitrogens with two attached hydrogens (primary N) is 1. The summed E-state index contributed by atoms with van der Waals surface area (Å²) in [6, 6.07) is -0.0376. The molecule has 0 spiro atoms. The van der Waals surface area contributed by atoms with Crippen LogP contribution < -0.4 is 5.73 Å². The number of nitrogens with zero attached hydrogens (tertiary/aromatic N) is 1. The lowest BCUT2D eigenvalue weighted by Crippen LogP contribution is -2.35. The first-order valence-electron chi connectivity index (χ1n) is 6.36. The highest BCUT2D eigenvalue weighted by Gasteiger charge is 2.19. The molecule has 0 aliphatic rings. The zero-order valence-corrected chi connectivity index (χ0v) is 11.8. The maximum Gasteiger partial charge on any atom is 0.223 e. The molecule has 3 nitrogen and oxygen atoms in total. The molecule has 0 aromatic carbocycles. The van der Waals surface area contributed by atoms with Crippen LogP contribution in [0.5, 0.6) is 0 Å². The van der Waals surface area contributed by atoms with Crippen molar-refractivity contribution in [2.75, 3.05) is 13.6 Å². The number of carbonyl (C=O) groups is 1. The minimum Gasteiger partial charge on any atom is -0.346 e. The average Bonchev–Trinajstić information content (AvgIpc) is 2.14. The number of hydrogen-bond acceptors (Lipinski definition) is 2. The molecule has 1 atom stereocenters. The molecule has 0 heterocycles. The molecule has 0 rings (SSSR count). The summed E-state index contributed by atoms with van der Waals surface area (Å²) in [6.45, 7) is 10.9. The molecule has 2 N–H and O–H groups in total. The highest BCUT2D eigenvalue weighted by Crippen LogP contribution is 2.21. The van der Waals surface area contributed by atoms with Crippen molar-refractivity contribution < 1.29 is 4.79 Å². The van der Waals surface area contributed by atoms with Crippen molar-refractivity contribution in [3.8, 4) is 0 Å². The van der Waals surface area contributed by atoms with E-state index in [0.717, 1.165) is 25.8 Å². The lowest BCUT2D eigenvalue weighted by atomic mass is 9.87. The summed E-state index contributed by atoms with van der Waals surface area (Å²) < 4.78 is 0. The van der Waals surface area contributed by atoms with E-state index in [4.69, 9.17) is 5.73 Å². The Morgan fingerprint density at radius 3 is 2.53 bits per heavy atom. The van der Waals surface area contributed by atoms with Crippen molar-refractivity contribution in [1.29, 1.82) is 0 Å². The Kier molecular flexibility index (Phi) is 7.12. The Morgan fingerprint density at radius 1 is 1.47 bits per heavy atom. The van der Waals surface area contributed by atoms with Gasteiger partial charge in [0, 0.05) is 26.1 Å². The van der Waals surface area contributed by atoms with Crippen LogP contribution in [0.4, 0.5) is 0 Å². The number of carbonyl (C=O) groups excluding carboxylic acids is 1.